The van der Waals surface area contributed by atoms with Gasteiger partial charge in [-0.1, -0.05) is 69.3 Å². The quantitative estimate of drug-likeness (QED) is 0.749. The molecule has 0 radical (unpaired) electrons. The Kier molecular flexibility index (Phi) is 6.73. The molecule has 2 aromatic rings. The van der Waals surface area contributed by atoms with Crippen LogP contribution in [-0.2, 0) is 9.53 Å². The van der Waals surface area contributed by atoms with Crippen LogP contribution >= 0.6 is 12.4 Å². The zero-order valence-electron chi connectivity index (χ0n) is 16.3. The summed E-state index contributed by atoms with van der Waals surface area (Å²) >= 11 is 0. The number of carbonyl (C=O) groups excluding carboxylic acids is 1. The molecule has 5 nitrogen and oxygen atoms in total. The number of carboxylic acid groups (broad SMARTS) is 1. The zero-order chi connectivity index (χ0) is 19.6. The maximum Gasteiger partial charge on any atom is 0.407 e. The van der Waals surface area contributed by atoms with Gasteiger partial charge < -0.3 is 15.2 Å². The molecular weight excluding hydrogens is 378 g/mol. The Hall–Kier alpha value is -2.53. The molecule has 3 rings (SSSR count). The molecule has 0 fully saturated rings. The molecular formula is C22H26ClNO4. The van der Waals surface area contributed by atoms with Gasteiger partial charge in [0.1, 0.15) is 12.6 Å². The topological polar surface area (TPSA) is 75.6 Å². The number of nitrogens with one attached hydrogen (secondary N) is 1. The van der Waals surface area contributed by atoms with Gasteiger partial charge in [-0.15, -0.1) is 12.4 Å². The van der Waals surface area contributed by atoms with Crippen LogP contribution in [0.5, 0.6) is 0 Å². The van der Waals surface area contributed by atoms with Crippen LogP contribution in [0.15, 0.2) is 48.5 Å². The highest BCUT2D eigenvalue weighted by Gasteiger charge is 2.30. The van der Waals surface area contributed by atoms with Gasteiger partial charge in [0.05, 0.1) is 0 Å². The molecule has 28 heavy (non-hydrogen) atoms. The van der Waals surface area contributed by atoms with Crippen molar-refractivity contribution in [1.29, 1.82) is 0 Å². The highest BCUT2D eigenvalue weighted by Crippen LogP contribution is 2.44. The molecule has 1 aliphatic rings. The summed E-state index contributed by atoms with van der Waals surface area (Å²) in [6, 6.07) is 15.2. The number of rotatable bonds is 5. The first-order chi connectivity index (χ1) is 12.8. The maximum atomic E-state index is 12.2. The van der Waals surface area contributed by atoms with E-state index in [4.69, 9.17) is 4.74 Å². The summed E-state index contributed by atoms with van der Waals surface area (Å²) in [5, 5.41) is 11.8. The minimum absolute atomic E-state index is 0. The highest BCUT2D eigenvalue weighted by molar-refractivity contribution is 5.85. The van der Waals surface area contributed by atoms with Crippen LogP contribution < -0.4 is 5.32 Å². The van der Waals surface area contributed by atoms with Gasteiger partial charge in [0.2, 0.25) is 0 Å². The lowest BCUT2D eigenvalue weighted by Crippen LogP contribution is -2.43. The van der Waals surface area contributed by atoms with Crippen molar-refractivity contribution in [1.82, 2.24) is 5.32 Å². The van der Waals surface area contributed by atoms with E-state index >= 15 is 0 Å². The number of benzene rings is 2. The fourth-order valence-corrected chi connectivity index (χ4v) is 3.59. The third-order valence-corrected chi connectivity index (χ3v) is 4.75. The lowest BCUT2D eigenvalue weighted by Gasteiger charge is -2.24. The average molecular weight is 404 g/mol. The number of carbonyl (C=O) groups is 2. The van der Waals surface area contributed by atoms with Crippen molar-refractivity contribution in [3.05, 3.63) is 59.7 Å². The van der Waals surface area contributed by atoms with Gasteiger partial charge in [-0.3, -0.25) is 0 Å². The van der Waals surface area contributed by atoms with Crippen LogP contribution in [0.2, 0.25) is 0 Å². The van der Waals surface area contributed by atoms with Crippen molar-refractivity contribution in [3.63, 3.8) is 0 Å². The van der Waals surface area contributed by atoms with E-state index in [1.807, 2.05) is 57.2 Å². The summed E-state index contributed by atoms with van der Waals surface area (Å²) in [4.78, 5) is 23.7. The predicted molar refractivity (Wildman–Crippen MR) is 111 cm³/mol. The number of alkyl carbamates (subject to hydrolysis) is 1. The van der Waals surface area contributed by atoms with Crippen molar-refractivity contribution in [2.75, 3.05) is 6.61 Å². The largest absolute Gasteiger partial charge is 0.480 e. The molecule has 0 aliphatic heterocycles. The van der Waals surface area contributed by atoms with Gasteiger partial charge in [-0.25, -0.2) is 9.59 Å². The molecule has 150 valence electrons. The fourth-order valence-electron chi connectivity index (χ4n) is 3.59. The number of hydrogen-bond donors (Lipinski definition) is 2. The van der Waals surface area contributed by atoms with Gasteiger partial charge >= 0.3 is 12.1 Å². The second-order valence-corrected chi connectivity index (χ2v) is 8.13. The van der Waals surface area contributed by atoms with E-state index in [1.165, 1.54) is 0 Å². The van der Waals surface area contributed by atoms with Crippen LogP contribution in [-0.4, -0.2) is 29.8 Å². The van der Waals surface area contributed by atoms with Gasteiger partial charge in [0.25, 0.3) is 0 Å². The van der Waals surface area contributed by atoms with Crippen molar-refractivity contribution in [3.8, 4) is 11.1 Å². The Balaban J connectivity index is 0.00000280. The summed E-state index contributed by atoms with van der Waals surface area (Å²) in [6.45, 7) is 5.97. The van der Waals surface area contributed by atoms with Gasteiger partial charge in [0, 0.05) is 5.92 Å². The number of aliphatic carboxylic acids is 1. The zero-order valence-corrected chi connectivity index (χ0v) is 17.1. The Morgan fingerprint density at radius 3 is 2.00 bits per heavy atom. The van der Waals surface area contributed by atoms with Crippen molar-refractivity contribution < 1.29 is 19.4 Å². The van der Waals surface area contributed by atoms with Crippen LogP contribution in [0.4, 0.5) is 4.79 Å². The summed E-state index contributed by atoms with van der Waals surface area (Å²) in [6.07, 6.45) is -0.375. The lowest BCUT2D eigenvalue weighted by molar-refractivity contribution is -0.140. The molecule has 1 unspecified atom stereocenters. The fraction of sp³-hybridized carbons (Fsp3) is 0.364. The van der Waals surface area contributed by atoms with E-state index in [1.54, 1.807) is 0 Å². The van der Waals surface area contributed by atoms with Crippen molar-refractivity contribution >= 4 is 24.5 Å². The Bertz CT molecular complexity index is 814. The molecule has 0 heterocycles. The molecule has 0 saturated heterocycles. The monoisotopic (exact) mass is 403 g/mol. The molecule has 2 aromatic carbocycles. The summed E-state index contributed by atoms with van der Waals surface area (Å²) in [5.41, 5.74) is 4.32. The molecule has 0 saturated carbocycles. The smallest absolute Gasteiger partial charge is 0.407 e. The molecule has 1 atom stereocenters. The predicted octanol–water partition coefficient (Wildman–Crippen LogP) is 4.84. The molecule has 1 aliphatic carbocycles. The molecule has 0 bridgehead atoms. The first kappa shape index (κ1) is 21.8. The Morgan fingerprint density at radius 2 is 1.54 bits per heavy atom. The van der Waals surface area contributed by atoms with E-state index in [9.17, 15) is 14.7 Å². The third kappa shape index (κ3) is 4.84. The highest BCUT2D eigenvalue weighted by atomic mass is 35.5. The van der Waals surface area contributed by atoms with E-state index in [0.717, 1.165) is 22.3 Å². The number of carboxylic acids is 1. The van der Waals surface area contributed by atoms with Crippen LogP contribution in [0.3, 0.4) is 0 Å². The summed E-state index contributed by atoms with van der Waals surface area (Å²) in [5.74, 6) is -1.10. The number of halogens is 1. The normalized spacial score (nSPS) is 13.7. The average Bonchev–Trinajstić information content (AvgIpc) is 2.92. The Morgan fingerprint density at radius 1 is 1.04 bits per heavy atom. The summed E-state index contributed by atoms with van der Waals surface area (Å²) < 4.78 is 5.42. The van der Waals surface area contributed by atoms with Crippen LogP contribution in [0.1, 0.15) is 44.2 Å². The summed E-state index contributed by atoms with van der Waals surface area (Å²) in [7, 11) is 0. The van der Waals surface area contributed by atoms with Crippen molar-refractivity contribution in [2.45, 2.75) is 39.2 Å². The number of hydrogen-bond acceptors (Lipinski definition) is 3. The first-order valence-corrected chi connectivity index (χ1v) is 9.10. The van der Waals surface area contributed by atoms with Crippen molar-refractivity contribution in [2.24, 2.45) is 5.41 Å². The van der Waals surface area contributed by atoms with E-state index in [0.29, 0.717) is 6.42 Å². The minimum atomic E-state index is -1.06. The first-order valence-electron chi connectivity index (χ1n) is 9.10. The minimum Gasteiger partial charge on any atom is -0.480 e. The van der Waals surface area contributed by atoms with E-state index in [-0.39, 0.29) is 30.3 Å². The second kappa shape index (κ2) is 8.65. The van der Waals surface area contributed by atoms with E-state index in [2.05, 4.69) is 17.4 Å². The molecule has 6 heteroatoms. The van der Waals surface area contributed by atoms with Gasteiger partial charge in [-0.05, 0) is 34.1 Å². The standard InChI is InChI=1S/C22H25NO4.ClH/c1-22(2,3)12-19(20(24)25)23-21(26)27-13-18-16-10-6-4-8-14(16)15-9-5-7-11-17(15)18;/h4-11,18-19H,12-13H2,1-3H3,(H,23,26)(H,24,25);1H. The lowest BCUT2D eigenvalue weighted by atomic mass is 9.88. The van der Waals surface area contributed by atoms with Gasteiger partial charge in [0.15, 0.2) is 0 Å². The molecule has 0 aromatic heterocycles. The third-order valence-electron chi connectivity index (χ3n) is 4.75. The van der Waals surface area contributed by atoms with Crippen LogP contribution in [0.25, 0.3) is 11.1 Å². The van der Waals surface area contributed by atoms with Crippen LogP contribution in [0, 0.1) is 5.41 Å². The van der Waals surface area contributed by atoms with Gasteiger partial charge in [-0.2, -0.15) is 0 Å². The number of ether oxygens (including phenoxy) is 1. The number of fused-ring (bicyclic) bond motifs is 3. The second-order valence-electron chi connectivity index (χ2n) is 8.13. The SMILES string of the molecule is CC(C)(C)CC(NC(=O)OCC1c2ccccc2-c2ccccc21)C(=O)O.Cl. The maximum absolute atomic E-state index is 12.2. The Labute approximate surface area is 171 Å². The van der Waals surface area contributed by atoms with E-state index < -0.39 is 18.1 Å². The molecule has 1 amide bonds. The molecule has 2 N–H and O–H groups in total. The molecule has 0 spiro atoms. The number of amides is 1.